The van der Waals surface area contributed by atoms with Crippen LogP contribution in [0.2, 0.25) is 0 Å². The standard InChI is InChI=1S/C18H19FN2O4S/c1-25-16-7-5-15(6-8-16)21-10-9-17(18(21)22)20-26(23,24)12-13-3-2-4-14(19)11-13/h2-8,11,17,20H,9-10,12H2,1H3/t17-/m1/s1. The van der Waals surface area contributed by atoms with Crippen LogP contribution in [0.4, 0.5) is 10.1 Å². The smallest absolute Gasteiger partial charge is 0.245 e. The Hall–Kier alpha value is -2.45. The number of sulfonamides is 1. The second-order valence-electron chi connectivity index (χ2n) is 6.04. The van der Waals surface area contributed by atoms with Crippen molar-refractivity contribution in [3.63, 3.8) is 0 Å². The number of benzene rings is 2. The highest BCUT2D eigenvalue weighted by atomic mass is 32.2. The van der Waals surface area contributed by atoms with Crippen LogP contribution in [0.5, 0.6) is 5.75 Å². The number of nitrogens with zero attached hydrogens (tertiary/aromatic N) is 1. The van der Waals surface area contributed by atoms with Crippen LogP contribution in [0.3, 0.4) is 0 Å². The first-order valence-corrected chi connectivity index (χ1v) is 9.73. The number of carbonyl (C=O) groups is 1. The first-order valence-electron chi connectivity index (χ1n) is 8.08. The summed E-state index contributed by atoms with van der Waals surface area (Å²) in [5.74, 6) is -0.511. The topological polar surface area (TPSA) is 75.7 Å². The lowest BCUT2D eigenvalue weighted by Crippen LogP contribution is -2.42. The van der Waals surface area contributed by atoms with Crippen molar-refractivity contribution in [3.05, 3.63) is 59.9 Å². The fraction of sp³-hybridized carbons (Fsp3) is 0.278. The van der Waals surface area contributed by atoms with E-state index in [1.54, 1.807) is 31.4 Å². The largest absolute Gasteiger partial charge is 0.497 e. The Balaban J connectivity index is 1.67. The fourth-order valence-corrected chi connectivity index (χ4v) is 4.27. The molecule has 1 aliphatic heterocycles. The van der Waals surface area contributed by atoms with E-state index in [1.807, 2.05) is 0 Å². The predicted octanol–water partition coefficient (Wildman–Crippen LogP) is 2.06. The van der Waals surface area contributed by atoms with Gasteiger partial charge in [0.2, 0.25) is 15.9 Å². The molecule has 0 aromatic heterocycles. The molecular formula is C18H19FN2O4S. The lowest BCUT2D eigenvalue weighted by atomic mass is 10.2. The number of nitrogens with one attached hydrogen (secondary N) is 1. The number of rotatable bonds is 6. The maximum absolute atomic E-state index is 13.2. The summed E-state index contributed by atoms with van der Waals surface area (Å²) >= 11 is 0. The molecule has 1 N–H and O–H groups in total. The quantitative estimate of drug-likeness (QED) is 0.835. The van der Waals surface area contributed by atoms with Gasteiger partial charge in [-0.15, -0.1) is 0 Å². The molecule has 3 rings (SSSR count). The van der Waals surface area contributed by atoms with E-state index in [-0.39, 0.29) is 11.7 Å². The molecule has 1 amide bonds. The van der Waals surface area contributed by atoms with Gasteiger partial charge in [-0.1, -0.05) is 12.1 Å². The fourth-order valence-electron chi connectivity index (χ4n) is 2.91. The van der Waals surface area contributed by atoms with Gasteiger partial charge in [0, 0.05) is 12.2 Å². The normalized spacial score (nSPS) is 17.5. The molecular weight excluding hydrogens is 359 g/mol. The summed E-state index contributed by atoms with van der Waals surface area (Å²) in [6, 6.07) is 11.6. The van der Waals surface area contributed by atoms with Gasteiger partial charge >= 0.3 is 0 Å². The molecule has 0 aliphatic carbocycles. The predicted molar refractivity (Wildman–Crippen MR) is 95.9 cm³/mol. The molecule has 1 aliphatic rings. The van der Waals surface area contributed by atoms with E-state index in [4.69, 9.17) is 4.74 Å². The van der Waals surface area contributed by atoms with E-state index in [0.717, 1.165) is 0 Å². The zero-order chi connectivity index (χ0) is 18.7. The Morgan fingerprint density at radius 1 is 1.23 bits per heavy atom. The first-order chi connectivity index (χ1) is 12.4. The van der Waals surface area contributed by atoms with Crippen LogP contribution < -0.4 is 14.4 Å². The highest BCUT2D eigenvalue weighted by Crippen LogP contribution is 2.24. The molecule has 2 aromatic rings. The lowest BCUT2D eigenvalue weighted by Gasteiger charge is -2.17. The van der Waals surface area contributed by atoms with Crippen LogP contribution in [0.15, 0.2) is 48.5 Å². The monoisotopic (exact) mass is 378 g/mol. The second-order valence-corrected chi connectivity index (χ2v) is 7.79. The Morgan fingerprint density at radius 3 is 2.62 bits per heavy atom. The molecule has 1 fully saturated rings. The molecule has 0 spiro atoms. The van der Waals surface area contributed by atoms with Crippen molar-refractivity contribution in [2.75, 3.05) is 18.6 Å². The minimum atomic E-state index is -3.77. The summed E-state index contributed by atoms with van der Waals surface area (Å²) in [7, 11) is -2.21. The van der Waals surface area contributed by atoms with Gasteiger partial charge in [0.05, 0.1) is 12.9 Å². The highest BCUT2D eigenvalue weighted by molar-refractivity contribution is 7.88. The third kappa shape index (κ3) is 4.20. The van der Waals surface area contributed by atoms with Crippen LogP contribution in [0.25, 0.3) is 0 Å². The molecule has 6 nitrogen and oxygen atoms in total. The molecule has 2 aromatic carbocycles. The van der Waals surface area contributed by atoms with Gasteiger partial charge in [-0.2, -0.15) is 0 Å². The van der Waals surface area contributed by atoms with Gasteiger partial charge in [0.15, 0.2) is 0 Å². The number of hydrogen-bond acceptors (Lipinski definition) is 4. The average molecular weight is 378 g/mol. The van der Waals surface area contributed by atoms with E-state index >= 15 is 0 Å². The SMILES string of the molecule is COc1ccc(N2CC[C@@H](NS(=O)(=O)Cc3cccc(F)c3)C2=O)cc1. The second kappa shape index (κ2) is 7.43. The maximum Gasteiger partial charge on any atom is 0.245 e. The van der Waals surface area contributed by atoms with Crippen molar-refractivity contribution < 1.29 is 22.3 Å². The van der Waals surface area contributed by atoms with Crippen molar-refractivity contribution in [1.82, 2.24) is 4.72 Å². The van der Waals surface area contributed by atoms with E-state index in [9.17, 15) is 17.6 Å². The first kappa shape index (κ1) is 18.3. The molecule has 1 heterocycles. The van der Waals surface area contributed by atoms with Gasteiger partial charge in [-0.05, 0) is 48.4 Å². The van der Waals surface area contributed by atoms with Crippen molar-refractivity contribution in [2.24, 2.45) is 0 Å². The molecule has 1 atom stereocenters. The number of halogens is 1. The van der Waals surface area contributed by atoms with Crippen molar-refractivity contribution in [1.29, 1.82) is 0 Å². The number of carbonyl (C=O) groups excluding carboxylic acids is 1. The number of anilines is 1. The zero-order valence-electron chi connectivity index (χ0n) is 14.2. The summed E-state index contributed by atoms with van der Waals surface area (Å²) in [5, 5.41) is 0. The molecule has 0 radical (unpaired) electrons. The van der Waals surface area contributed by atoms with Crippen LogP contribution in [-0.2, 0) is 20.6 Å². The summed E-state index contributed by atoms with van der Waals surface area (Å²) in [6.07, 6.45) is 0.368. The number of methoxy groups -OCH3 is 1. The van der Waals surface area contributed by atoms with Crippen LogP contribution >= 0.6 is 0 Å². The molecule has 8 heteroatoms. The molecule has 0 unspecified atom stereocenters. The van der Waals surface area contributed by atoms with E-state index in [1.165, 1.54) is 29.2 Å². The summed E-state index contributed by atoms with van der Waals surface area (Å²) < 4.78 is 45.4. The van der Waals surface area contributed by atoms with Crippen molar-refractivity contribution >= 4 is 21.6 Å². The van der Waals surface area contributed by atoms with E-state index in [2.05, 4.69) is 4.72 Å². The number of hydrogen-bond donors (Lipinski definition) is 1. The lowest BCUT2D eigenvalue weighted by molar-refractivity contribution is -0.118. The Kier molecular flexibility index (Phi) is 5.24. The molecule has 1 saturated heterocycles. The number of amides is 1. The van der Waals surface area contributed by atoms with Gasteiger partial charge in [0.25, 0.3) is 0 Å². The molecule has 0 saturated carbocycles. The van der Waals surface area contributed by atoms with Crippen molar-refractivity contribution in [2.45, 2.75) is 18.2 Å². The Labute approximate surface area is 151 Å². The number of ether oxygens (including phenoxy) is 1. The summed E-state index contributed by atoms with van der Waals surface area (Å²) in [5.41, 5.74) is 1.01. The zero-order valence-corrected chi connectivity index (χ0v) is 15.0. The Morgan fingerprint density at radius 2 is 1.96 bits per heavy atom. The third-order valence-electron chi connectivity index (χ3n) is 4.16. The highest BCUT2D eigenvalue weighted by Gasteiger charge is 2.35. The van der Waals surface area contributed by atoms with Gasteiger partial charge in [-0.3, -0.25) is 4.79 Å². The minimum absolute atomic E-state index is 0.307. The van der Waals surface area contributed by atoms with Crippen LogP contribution in [0, 0.1) is 5.82 Å². The maximum atomic E-state index is 13.2. The van der Waals surface area contributed by atoms with Crippen LogP contribution in [-0.4, -0.2) is 34.0 Å². The summed E-state index contributed by atoms with van der Waals surface area (Å²) in [6.45, 7) is 0.415. The van der Waals surface area contributed by atoms with Crippen molar-refractivity contribution in [3.8, 4) is 5.75 Å². The van der Waals surface area contributed by atoms with Crippen LogP contribution in [0.1, 0.15) is 12.0 Å². The summed E-state index contributed by atoms with van der Waals surface area (Å²) in [4.78, 5) is 14.1. The minimum Gasteiger partial charge on any atom is -0.497 e. The van der Waals surface area contributed by atoms with E-state index in [0.29, 0.717) is 30.0 Å². The van der Waals surface area contributed by atoms with Gasteiger partial charge in [0.1, 0.15) is 17.6 Å². The molecule has 26 heavy (non-hydrogen) atoms. The average Bonchev–Trinajstić information content (AvgIpc) is 2.94. The van der Waals surface area contributed by atoms with E-state index < -0.39 is 21.9 Å². The van der Waals surface area contributed by atoms with Gasteiger partial charge in [-0.25, -0.2) is 17.5 Å². The third-order valence-corrected chi connectivity index (χ3v) is 5.51. The van der Waals surface area contributed by atoms with Gasteiger partial charge < -0.3 is 9.64 Å². The Bertz CT molecular complexity index is 900. The molecule has 138 valence electrons. The molecule has 0 bridgehead atoms.